The van der Waals surface area contributed by atoms with Gasteiger partial charge < -0.3 is 10.1 Å². The topological polar surface area (TPSA) is 62.1 Å². The molecule has 30 heavy (non-hydrogen) atoms. The zero-order valence-corrected chi connectivity index (χ0v) is 17.5. The highest BCUT2D eigenvalue weighted by Crippen LogP contribution is 2.21. The van der Waals surface area contributed by atoms with E-state index in [-0.39, 0.29) is 5.57 Å². The lowest BCUT2D eigenvalue weighted by Gasteiger charge is -2.08. The van der Waals surface area contributed by atoms with Gasteiger partial charge in [-0.05, 0) is 60.9 Å². The molecule has 0 aliphatic carbocycles. The molecule has 0 saturated heterocycles. The predicted molar refractivity (Wildman–Crippen MR) is 120 cm³/mol. The van der Waals surface area contributed by atoms with Crippen LogP contribution >= 0.6 is 11.6 Å². The smallest absolute Gasteiger partial charge is 0.266 e. The summed E-state index contributed by atoms with van der Waals surface area (Å²) < 4.78 is 5.84. The predicted octanol–water partition coefficient (Wildman–Crippen LogP) is 6.08. The summed E-state index contributed by atoms with van der Waals surface area (Å²) in [6, 6.07) is 22.6. The van der Waals surface area contributed by atoms with Crippen LogP contribution in [0.4, 0.5) is 5.69 Å². The molecule has 0 fully saturated rings. The van der Waals surface area contributed by atoms with Gasteiger partial charge in [0, 0.05) is 10.7 Å². The van der Waals surface area contributed by atoms with Crippen molar-refractivity contribution in [1.29, 1.82) is 5.26 Å². The number of aryl methyl sites for hydroxylation is 2. The minimum absolute atomic E-state index is 0.0117. The molecule has 3 rings (SSSR count). The van der Waals surface area contributed by atoms with Gasteiger partial charge >= 0.3 is 0 Å². The van der Waals surface area contributed by atoms with Gasteiger partial charge in [-0.25, -0.2) is 0 Å². The monoisotopic (exact) mass is 416 g/mol. The maximum absolute atomic E-state index is 12.5. The second-order valence-electron chi connectivity index (χ2n) is 6.93. The average molecular weight is 417 g/mol. The highest BCUT2D eigenvalue weighted by atomic mass is 35.5. The molecule has 0 radical (unpaired) electrons. The van der Waals surface area contributed by atoms with Gasteiger partial charge in [0.15, 0.2) is 0 Å². The number of amides is 1. The van der Waals surface area contributed by atoms with E-state index in [2.05, 4.69) is 5.32 Å². The molecule has 0 unspecified atom stereocenters. The molecule has 3 aromatic rings. The van der Waals surface area contributed by atoms with Crippen LogP contribution in [0, 0.1) is 25.2 Å². The van der Waals surface area contributed by atoms with Crippen LogP contribution in [0.1, 0.15) is 22.3 Å². The molecular formula is C25H21ClN2O2. The molecule has 150 valence electrons. The molecule has 0 aliphatic rings. The summed E-state index contributed by atoms with van der Waals surface area (Å²) in [6.07, 6.45) is 1.53. The van der Waals surface area contributed by atoms with Crippen LogP contribution in [0.5, 0.6) is 5.75 Å². The molecule has 0 bridgehead atoms. The van der Waals surface area contributed by atoms with Crippen molar-refractivity contribution in [3.05, 3.63) is 99.6 Å². The number of carbonyl (C=O) groups is 1. The summed E-state index contributed by atoms with van der Waals surface area (Å²) in [6.45, 7) is 4.35. The number of benzene rings is 3. The van der Waals surface area contributed by atoms with Crippen LogP contribution < -0.4 is 10.1 Å². The Balaban J connectivity index is 1.71. The Labute approximate surface area is 181 Å². The Morgan fingerprint density at radius 2 is 1.87 bits per heavy atom. The standard InChI is InChI=1S/C25H21ClN2O2/c1-17-6-9-19(10-7-17)16-30-23-5-3-4-20(13-23)12-21(15-27)25(29)28-22-11-8-18(2)24(26)14-22/h3-14H,16H2,1-2H3,(H,28,29)/b21-12-. The van der Waals surface area contributed by atoms with E-state index in [0.717, 1.165) is 11.1 Å². The van der Waals surface area contributed by atoms with Crippen LogP contribution in [-0.2, 0) is 11.4 Å². The molecule has 3 aromatic carbocycles. The van der Waals surface area contributed by atoms with Gasteiger partial charge in [0.25, 0.3) is 5.91 Å². The quantitative estimate of drug-likeness (QED) is 0.391. The van der Waals surface area contributed by atoms with Gasteiger partial charge in [-0.15, -0.1) is 0 Å². The number of ether oxygens (including phenoxy) is 1. The summed E-state index contributed by atoms with van der Waals surface area (Å²) in [7, 11) is 0. The minimum atomic E-state index is -0.497. The molecule has 4 nitrogen and oxygen atoms in total. The number of halogens is 1. The molecule has 0 saturated carbocycles. The Hall–Kier alpha value is -3.55. The van der Waals surface area contributed by atoms with E-state index >= 15 is 0 Å². The lowest BCUT2D eigenvalue weighted by atomic mass is 10.1. The van der Waals surface area contributed by atoms with Crippen LogP contribution in [0.15, 0.2) is 72.3 Å². The van der Waals surface area contributed by atoms with Crippen molar-refractivity contribution in [1.82, 2.24) is 0 Å². The molecule has 0 spiro atoms. The first-order valence-corrected chi connectivity index (χ1v) is 9.80. The van der Waals surface area contributed by atoms with Crippen molar-refractivity contribution in [3.63, 3.8) is 0 Å². The minimum Gasteiger partial charge on any atom is -0.489 e. The lowest BCUT2D eigenvalue weighted by molar-refractivity contribution is -0.112. The number of anilines is 1. The van der Waals surface area contributed by atoms with Crippen LogP contribution in [0.3, 0.4) is 0 Å². The lowest BCUT2D eigenvalue weighted by Crippen LogP contribution is -2.13. The van der Waals surface area contributed by atoms with Crippen molar-refractivity contribution in [2.45, 2.75) is 20.5 Å². The van der Waals surface area contributed by atoms with Crippen molar-refractivity contribution < 1.29 is 9.53 Å². The number of hydrogen-bond donors (Lipinski definition) is 1. The van der Waals surface area contributed by atoms with Crippen molar-refractivity contribution in [2.75, 3.05) is 5.32 Å². The van der Waals surface area contributed by atoms with Gasteiger partial charge in [0.05, 0.1) is 0 Å². The zero-order chi connectivity index (χ0) is 21.5. The van der Waals surface area contributed by atoms with Gasteiger partial charge in [-0.1, -0.05) is 59.6 Å². The number of carbonyl (C=O) groups excluding carboxylic acids is 1. The Kier molecular flexibility index (Phi) is 6.90. The highest BCUT2D eigenvalue weighted by Gasteiger charge is 2.10. The summed E-state index contributed by atoms with van der Waals surface area (Å²) in [5.41, 5.74) is 4.39. The van der Waals surface area contributed by atoms with Crippen molar-refractivity contribution in [2.24, 2.45) is 0 Å². The molecular weight excluding hydrogens is 396 g/mol. The summed E-state index contributed by atoms with van der Waals surface area (Å²) in [5, 5.41) is 12.7. The number of nitrogens with zero attached hydrogens (tertiary/aromatic N) is 1. The molecule has 0 heterocycles. The van der Waals surface area contributed by atoms with E-state index in [9.17, 15) is 10.1 Å². The molecule has 1 amide bonds. The van der Waals surface area contributed by atoms with E-state index in [4.69, 9.17) is 16.3 Å². The average Bonchev–Trinajstić information content (AvgIpc) is 2.74. The van der Waals surface area contributed by atoms with Crippen LogP contribution in [-0.4, -0.2) is 5.91 Å². The third-order valence-electron chi connectivity index (χ3n) is 4.49. The maximum Gasteiger partial charge on any atom is 0.266 e. The maximum atomic E-state index is 12.5. The van der Waals surface area contributed by atoms with Gasteiger partial charge in [-0.2, -0.15) is 5.26 Å². The van der Waals surface area contributed by atoms with Gasteiger partial charge in [0.1, 0.15) is 24.0 Å². The molecule has 0 aliphatic heterocycles. The number of hydrogen-bond acceptors (Lipinski definition) is 3. The van der Waals surface area contributed by atoms with E-state index in [1.807, 2.05) is 68.4 Å². The van der Waals surface area contributed by atoms with Crippen LogP contribution in [0.2, 0.25) is 5.02 Å². The summed E-state index contributed by atoms with van der Waals surface area (Å²) in [5.74, 6) is 0.163. The zero-order valence-electron chi connectivity index (χ0n) is 16.8. The van der Waals surface area contributed by atoms with E-state index in [1.54, 1.807) is 18.2 Å². The number of nitrogens with one attached hydrogen (secondary N) is 1. The summed E-state index contributed by atoms with van der Waals surface area (Å²) >= 11 is 6.09. The first kappa shape index (κ1) is 21.2. The van der Waals surface area contributed by atoms with E-state index < -0.39 is 5.91 Å². The number of nitriles is 1. The van der Waals surface area contributed by atoms with Crippen molar-refractivity contribution >= 4 is 29.3 Å². The second kappa shape index (κ2) is 9.78. The highest BCUT2D eigenvalue weighted by molar-refractivity contribution is 6.31. The molecule has 5 heteroatoms. The fourth-order valence-electron chi connectivity index (χ4n) is 2.73. The Bertz CT molecular complexity index is 1130. The molecule has 0 atom stereocenters. The number of rotatable bonds is 6. The largest absolute Gasteiger partial charge is 0.489 e. The van der Waals surface area contributed by atoms with Crippen LogP contribution in [0.25, 0.3) is 6.08 Å². The fourth-order valence-corrected chi connectivity index (χ4v) is 2.91. The van der Waals surface area contributed by atoms with Crippen molar-refractivity contribution in [3.8, 4) is 11.8 Å². The third-order valence-corrected chi connectivity index (χ3v) is 4.90. The molecule has 1 N–H and O–H groups in total. The normalized spacial score (nSPS) is 10.9. The molecule has 0 aromatic heterocycles. The van der Waals surface area contributed by atoms with E-state index in [0.29, 0.717) is 28.6 Å². The first-order chi connectivity index (χ1) is 14.4. The second-order valence-corrected chi connectivity index (χ2v) is 7.34. The fraction of sp³-hybridized carbons (Fsp3) is 0.120. The Morgan fingerprint density at radius 1 is 1.10 bits per heavy atom. The third kappa shape index (κ3) is 5.73. The Morgan fingerprint density at radius 3 is 2.57 bits per heavy atom. The van der Waals surface area contributed by atoms with E-state index in [1.165, 1.54) is 11.6 Å². The summed E-state index contributed by atoms with van der Waals surface area (Å²) in [4.78, 5) is 12.5. The SMILES string of the molecule is Cc1ccc(COc2cccc(/C=C(/C#N)C(=O)Nc3ccc(C)c(Cl)c3)c2)cc1. The van der Waals surface area contributed by atoms with Gasteiger partial charge in [0.2, 0.25) is 0 Å². The first-order valence-electron chi connectivity index (χ1n) is 9.42. The van der Waals surface area contributed by atoms with Gasteiger partial charge in [-0.3, -0.25) is 4.79 Å².